The number of carbonyl (C=O) groups is 2. The maximum Gasteiger partial charge on any atom is 0.344 e. The van der Waals surface area contributed by atoms with Crippen molar-refractivity contribution in [1.82, 2.24) is 24.5 Å². The molecule has 1 aromatic heterocycles. The van der Waals surface area contributed by atoms with Gasteiger partial charge in [-0.3, -0.25) is 19.3 Å². The largest absolute Gasteiger partial charge is 0.480 e. The minimum Gasteiger partial charge on any atom is -0.480 e. The highest BCUT2D eigenvalue weighted by atomic mass is 32.2. The molecule has 1 amide bonds. The third-order valence-electron chi connectivity index (χ3n) is 6.42. The van der Waals surface area contributed by atoms with Crippen molar-refractivity contribution in [2.75, 3.05) is 74.8 Å². The fraction of sp³-hybridized carbons (Fsp3) is 0.522. The van der Waals surface area contributed by atoms with Crippen LogP contribution in [0.1, 0.15) is 11.1 Å². The standard InChI is InChI=1S/C23H33N7O5S/c1-18-3-4-19(20(15-18)28-11-7-27(8-12-28)17-22(31)32)16-26-9-13-29(14-10-26)23(33)30-6-5-21(24-30)25-36(2,34)35/h3-6,15H,7-14,16-17H2,1-2H3,(H,24,25)(H,31,32). The Morgan fingerprint density at radius 3 is 2.31 bits per heavy atom. The average Bonchev–Trinajstić information content (AvgIpc) is 3.27. The number of nitrogens with zero attached hydrogens (tertiary/aromatic N) is 6. The van der Waals surface area contributed by atoms with Gasteiger partial charge in [-0.1, -0.05) is 12.1 Å². The van der Waals surface area contributed by atoms with Gasteiger partial charge in [0.25, 0.3) is 0 Å². The molecule has 0 aliphatic carbocycles. The summed E-state index contributed by atoms with van der Waals surface area (Å²) in [6, 6.07) is 7.63. The summed E-state index contributed by atoms with van der Waals surface area (Å²) < 4.78 is 26.2. The first kappa shape index (κ1) is 25.9. The molecule has 0 bridgehead atoms. The van der Waals surface area contributed by atoms with Gasteiger partial charge in [-0.05, 0) is 24.1 Å². The summed E-state index contributed by atoms with van der Waals surface area (Å²) in [6.07, 6.45) is 2.49. The van der Waals surface area contributed by atoms with E-state index >= 15 is 0 Å². The van der Waals surface area contributed by atoms with Crippen molar-refractivity contribution in [3.63, 3.8) is 0 Å². The number of carboxylic acid groups (broad SMARTS) is 1. The van der Waals surface area contributed by atoms with Gasteiger partial charge in [0.05, 0.1) is 12.8 Å². The van der Waals surface area contributed by atoms with Crippen LogP contribution in [0.4, 0.5) is 16.3 Å². The minimum absolute atomic E-state index is 0.0750. The van der Waals surface area contributed by atoms with E-state index < -0.39 is 16.0 Å². The Morgan fingerprint density at radius 2 is 1.67 bits per heavy atom. The van der Waals surface area contributed by atoms with Crippen molar-refractivity contribution in [2.24, 2.45) is 0 Å². The van der Waals surface area contributed by atoms with Crippen LogP contribution in [0.2, 0.25) is 0 Å². The zero-order chi connectivity index (χ0) is 25.9. The quantitative estimate of drug-likeness (QED) is 0.538. The first-order valence-electron chi connectivity index (χ1n) is 11.9. The van der Waals surface area contributed by atoms with Gasteiger partial charge in [0.1, 0.15) is 0 Å². The molecule has 12 nitrogen and oxygen atoms in total. The van der Waals surface area contributed by atoms with Crippen LogP contribution in [-0.2, 0) is 21.4 Å². The number of hydrogen-bond acceptors (Lipinski definition) is 8. The molecule has 2 aliphatic heterocycles. The lowest BCUT2D eigenvalue weighted by Gasteiger charge is -2.38. The maximum atomic E-state index is 12.8. The van der Waals surface area contributed by atoms with Gasteiger partial charge >= 0.3 is 12.0 Å². The molecule has 2 fully saturated rings. The average molecular weight is 520 g/mol. The highest BCUT2D eigenvalue weighted by molar-refractivity contribution is 7.92. The van der Waals surface area contributed by atoms with Gasteiger partial charge in [0, 0.05) is 76.9 Å². The van der Waals surface area contributed by atoms with Gasteiger partial charge in [0.2, 0.25) is 10.0 Å². The second-order valence-electron chi connectivity index (χ2n) is 9.35. The molecular formula is C23H33N7O5S. The maximum absolute atomic E-state index is 12.8. The van der Waals surface area contributed by atoms with Crippen molar-refractivity contribution in [1.29, 1.82) is 0 Å². The third kappa shape index (κ3) is 6.74. The Bertz CT molecular complexity index is 1200. The number of aromatic nitrogens is 2. The van der Waals surface area contributed by atoms with E-state index in [0.29, 0.717) is 26.2 Å². The van der Waals surface area contributed by atoms with Crippen LogP contribution in [0.25, 0.3) is 0 Å². The number of amides is 1. The van der Waals surface area contributed by atoms with E-state index in [9.17, 15) is 18.0 Å². The number of carbonyl (C=O) groups excluding carboxylic acids is 1. The highest BCUT2D eigenvalue weighted by Crippen LogP contribution is 2.25. The summed E-state index contributed by atoms with van der Waals surface area (Å²) >= 11 is 0. The lowest BCUT2D eigenvalue weighted by atomic mass is 10.1. The number of carboxylic acids is 1. The van der Waals surface area contributed by atoms with E-state index in [1.807, 2.05) is 4.90 Å². The Morgan fingerprint density at radius 1 is 1.00 bits per heavy atom. The van der Waals surface area contributed by atoms with Crippen molar-refractivity contribution < 1.29 is 23.1 Å². The summed E-state index contributed by atoms with van der Waals surface area (Å²) in [7, 11) is -3.46. The second-order valence-corrected chi connectivity index (χ2v) is 11.1. The summed E-state index contributed by atoms with van der Waals surface area (Å²) in [4.78, 5) is 32.2. The molecule has 1 aromatic carbocycles. The number of aliphatic carboxylic acids is 1. The number of rotatable bonds is 7. The molecule has 0 saturated carbocycles. The molecule has 0 radical (unpaired) electrons. The Kier molecular flexibility index (Phi) is 7.81. The smallest absolute Gasteiger partial charge is 0.344 e. The molecule has 0 unspecified atom stereocenters. The number of hydrogen-bond donors (Lipinski definition) is 2. The zero-order valence-corrected chi connectivity index (χ0v) is 21.4. The third-order valence-corrected chi connectivity index (χ3v) is 7.00. The summed E-state index contributed by atoms with van der Waals surface area (Å²) in [5.74, 6) is -0.684. The van der Waals surface area contributed by atoms with E-state index in [4.69, 9.17) is 5.11 Å². The predicted molar refractivity (Wildman–Crippen MR) is 136 cm³/mol. The number of piperazine rings is 2. The predicted octanol–water partition coefficient (Wildman–Crippen LogP) is 0.556. The summed E-state index contributed by atoms with van der Waals surface area (Å²) in [6.45, 7) is 8.42. The van der Waals surface area contributed by atoms with Crippen molar-refractivity contribution in [2.45, 2.75) is 13.5 Å². The van der Waals surface area contributed by atoms with Crippen molar-refractivity contribution in [3.8, 4) is 0 Å². The Hall–Kier alpha value is -3.16. The molecule has 4 rings (SSSR count). The molecule has 2 saturated heterocycles. The van der Waals surface area contributed by atoms with Gasteiger partial charge in [-0.25, -0.2) is 13.2 Å². The molecule has 0 spiro atoms. The molecule has 2 aromatic rings. The molecule has 2 N–H and O–H groups in total. The van der Waals surface area contributed by atoms with Gasteiger partial charge in [0.15, 0.2) is 5.82 Å². The Labute approximate surface area is 211 Å². The molecule has 196 valence electrons. The number of aryl methyl sites for hydroxylation is 1. The van der Waals surface area contributed by atoms with E-state index in [-0.39, 0.29) is 18.4 Å². The minimum atomic E-state index is -3.46. The van der Waals surface area contributed by atoms with Crippen LogP contribution in [0.5, 0.6) is 0 Å². The van der Waals surface area contributed by atoms with Crippen LogP contribution in [-0.4, -0.2) is 115 Å². The highest BCUT2D eigenvalue weighted by Gasteiger charge is 2.25. The first-order chi connectivity index (χ1) is 17.1. The van der Waals surface area contributed by atoms with Gasteiger partial charge < -0.3 is 14.9 Å². The zero-order valence-electron chi connectivity index (χ0n) is 20.6. The van der Waals surface area contributed by atoms with E-state index in [0.717, 1.165) is 43.7 Å². The van der Waals surface area contributed by atoms with Crippen LogP contribution in [0, 0.1) is 6.92 Å². The molecule has 13 heteroatoms. The Balaban J connectivity index is 1.34. The van der Waals surface area contributed by atoms with E-state index in [2.05, 4.69) is 44.7 Å². The molecular weight excluding hydrogens is 486 g/mol. The summed E-state index contributed by atoms with van der Waals surface area (Å²) in [5, 5.41) is 13.1. The van der Waals surface area contributed by atoms with Crippen LogP contribution >= 0.6 is 0 Å². The SMILES string of the molecule is Cc1ccc(CN2CCN(C(=O)n3ccc(NS(C)(=O)=O)n3)CC2)c(N2CCN(CC(=O)O)CC2)c1. The topological polar surface area (TPSA) is 131 Å². The normalized spacial score (nSPS) is 17.8. The molecule has 3 heterocycles. The van der Waals surface area contributed by atoms with Crippen molar-refractivity contribution >= 4 is 33.5 Å². The van der Waals surface area contributed by atoms with E-state index in [1.165, 1.54) is 29.1 Å². The number of benzene rings is 1. The monoisotopic (exact) mass is 519 g/mol. The fourth-order valence-electron chi connectivity index (χ4n) is 4.60. The number of anilines is 2. The van der Waals surface area contributed by atoms with Crippen LogP contribution < -0.4 is 9.62 Å². The fourth-order valence-corrected chi connectivity index (χ4v) is 5.09. The van der Waals surface area contributed by atoms with E-state index in [1.54, 1.807) is 4.90 Å². The summed E-state index contributed by atoms with van der Waals surface area (Å²) in [5.41, 5.74) is 3.59. The van der Waals surface area contributed by atoms with Crippen LogP contribution in [0.15, 0.2) is 30.5 Å². The van der Waals surface area contributed by atoms with Gasteiger partial charge in [-0.2, -0.15) is 4.68 Å². The molecule has 2 aliphatic rings. The number of sulfonamides is 1. The second kappa shape index (κ2) is 10.8. The molecule has 36 heavy (non-hydrogen) atoms. The lowest BCUT2D eigenvalue weighted by Crippen LogP contribution is -2.50. The van der Waals surface area contributed by atoms with Gasteiger partial charge in [-0.15, -0.1) is 5.10 Å². The number of nitrogens with one attached hydrogen (secondary N) is 1. The van der Waals surface area contributed by atoms with Crippen LogP contribution in [0.3, 0.4) is 0 Å². The lowest BCUT2D eigenvalue weighted by molar-refractivity contribution is -0.138. The van der Waals surface area contributed by atoms with Crippen molar-refractivity contribution in [3.05, 3.63) is 41.6 Å². The first-order valence-corrected chi connectivity index (χ1v) is 13.8. The molecule has 0 atom stereocenters.